The molecule has 1 unspecified atom stereocenters. The van der Waals surface area contributed by atoms with Crippen molar-refractivity contribution >= 4 is 18.0 Å². The van der Waals surface area contributed by atoms with E-state index in [4.69, 9.17) is 9.47 Å². The number of nitrogens with one attached hydrogen (secondary N) is 1. The molecule has 2 fully saturated rings. The molecule has 1 saturated carbocycles. The molecule has 1 heterocycles. The molecule has 2 aromatic rings. The third-order valence-electron chi connectivity index (χ3n) is 7.74. The highest BCUT2D eigenvalue weighted by Gasteiger charge is 2.54. The lowest BCUT2D eigenvalue weighted by Gasteiger charge is -2.40. The van der Waals surface area contributed by atoms with Gasteiger partial charge in [0.15, 0.2) is 5.60 Å². The van der Waals surface area contributed by atoms with Gasteiger partial charge in [0.25, 0.3) is 0 Å². The summed E-state index contributed by atoms with van der Waals surface area (Å²) >= 11 is 0. The van der Waals surface area contributed by atoms with Crippen molar-refractivity contribution in [1.29, 1.82) is 0 Å². The van der Waals surface area contributed by atoms with Gasteiger partial charge in [0.1, 0.15) is 6.61 Å². The minimum atomic E-state index is -1.37. The van der Waals surface area contributed by atoms with Crippen molar-refractivity contribution in [3.05, 3.63) is 59.7 Å². The molecule has 2 aromatic carbocycles. The number of carbonyl (C=O) groups is 3. The fourth-order valence-corrected chi connectivity index (χ4v) is 5.47. The molecule has 0 radical (unpaired) electrons. The molecule has 2 aliphatic carbocycles. The normalized spacial score (nSPS) is 22.1. The Morgan fingerprint density at radius 2 is 1.66 bits per heavy atom. The first-order valence-electron chi connectivity index (χ1n) is 12.1. The average molecular weight is 479 g/mol. The average Bonchev–Trinajstić information content (AvgIpc) is 3.62. The van der Waals surface area contributed by atoms with Crippen molar-refractivity contribution in [2.24, 2.45) is 5.41 Å². The Labute approximate surface area is 204 Å². The highest BCUT2D eigenvalue weighted by molar-refractivity contribution is 5.88. The third kappa shape index (κ3) is 4.16. The number of fused-ring (bicyclic) bond motifs is 3. The second-order valence-corrected chi connectivity index (χ2v) is 9.79. The van der Waals surface area contributed by atoms with Crippen LogP contribution in [-0.2, 0) is 19.1 Å². The number of hydrogen-bond acceptors (Lipinski definition) is 5. The highest BCUT2D eigenvalue weighted by Crippen LogP contribution is 2.48. The molecule has 1 aliphatic heterocycles. The van der Waals surface area contributed by atoms with Gasteiger partial charge in [-0.15, -0.1) is 0 Å². The minimum Gasteiger partial charge on any atom is -0.479 e. The van der Waals surface area contributed by atoms with Gasteiger partial charge >= 0.3 is 12.1 Å². The molecule has 2 N–H and O–H groups in total. The summed E-state index contributed by atoms with van der Waals surface area (Å²) in [6.45, 7) is 0.891. The predicted molar refractivity (Wildman–Crippen MR) is 128 cm³/mol. The van der Waals surface area contributed by atoms with Crippen LogP contribution in [0.15, 0.2) is 48.5 Å². The molecule has 8 heteroatoms. The Balaban J connectivity index is 1.18. The molecule has 3 aliphatic rings. The zero-order valence-electron chi connectivity index (χ0n) is 19.8. The zero-order chi connectivity index (χ0) is 24.6. The van der Waals surface area contributed by atoms with E-state index in [1.54, 1.807) is 4.90 Å². The molecule has 184 valence electrons. The predicted octanol–water partition coefficient (Wildman–Crippen LogP) is 3.40. The summed E-state index contributed by atoms with van der Waals surface area (Å²) in [6, 6.07) is 16.3. The maximum Gasteiger partial charge on any atom is 0.407 e. The van der Waals surface area contributed by atoms with Crippen molar-refractivity contribution in [3.63, 3.8) is 0 Å². The molecule has 0 spiro atoms. The van der Waals surface area contributed by atoms with Crippen LogP contribution >= 0.6 is 0 Å². The standard InChI is InChI=1S/C27H30N2O6/c1-34-27(24(31)32)11-6-14-29(17-27)23(30)26(12-13-26)16-28-25(33)35-15-22-20-9-4-2-7-18(20)19-8-3-5-10-21(19)22/h2-5,7-10,22H,6,11-17H2,1H3,(H,28,33)(H,31,32). The highest BCUT2D eigenvalue weighted by atomic mass is 16.5. The van der Waals surface area contributed by atoms with E-state index in [9.17, 15) is 19.5 Å². The molecule has 5 rings (SSSR count). The molecule has 2 amide bonds. The van der Waals surface area contributed by atoms with Gasteiger partial charge in [-0.1, -0.05) is 48.5 Å². The van der Waals surface area contributed by atoms with Gasteiger partial charge in [-0.2, -0.15) is 0 Å². The van der Waals surface area contributed by atoms with Crippen LogP contribution in [0.3, 0.4) is 0 Å². The van der Waals surface area contributed by atoms with Crippen LogP contribution in [0.1, 0.15) is 42.7 Å². The van der Waals surface area contributed by atoms with E-state index in [1.165, 1.54) is 7.11 Å². The quantitative estimate of drug-likeness (QED) is 0.632. The minimum absolute atomic E-state index is 0.0182. The van der Waals surface area contributed by atoms with E-state index >= 15 is 0 Å². The number of methoxy groups -OCH3 is 1. The molecule has 35 heavy (non-hydrogen) atoms. The van der Waals surface area contributed by atoms with Gasteiger partial charge in [-0.05, 0) is 47.9 Å². The summed E-state index contributed by atoms with van der Waals surface area (Å²) in [4.78, 5) is 39.2. The number of alkyl carbamates (subject to hydrolysis) is 1. The molecular weight excluding hydrogens is 448 g/mol. The molecule has 0 bridgehead atoms. The number of hydrogen-bond donors (Lipinski definition) is 2. The van der Waals surface area contributed by atoms with E-state index in [-0.39, 0.29) is 31.5 Å². The molecule has 1 saturated heterocycles. The topological polar surface area (TPSA) is 105 Å². The van der Waals surface area contributed by atoms with Gasteiger partial charge < -0.3 is 24.8 Å². The first-order chi connectivity index (χ1) is 16.9. The Morgan fingerprint density at radius 1 is 1.03 bits per heavy atom. The largest absolute Gasteiger partial charge is 0.479 e. The number of piperidine rings is 1. The molecule has 8 nitrogen and oxygen atoms in total. The maximum atomic E-state index is 13.2. The number of carboxylic acids is 1. The van der Waals surface area contributed by atoms with Gasteiger partial charge in [0.2, 0.25) is 5.91 Å². The van der Waals surface area contributed by atoms with E-state index in [1.807, 2.05) is 24.3 Å². The zero-order valence-corrected chi connectivity index (χ0v) is 19.8. The van der Waals surface area contributed by atoms with Gasteiger partial charge in [-0.3, -0.25) is 4.79 Å². The number of likely N-dealkylation sites (tertiary alicyclic amines) is 1. The molecule has 1 atom stereocenters. The number of ether oxygens (including phenoxy) is 2. The van der Waals surface area contributed by atoms with E-state index in [0.717, 1.165) is 22.3 Å². The molecule has 0 aromatic heterocycles. The van der Waals surface area contributed by atoms with E-state index in [0.29, 0.717) is 32.2 Å². The van der Waals surface area contributed by atoms with Crippen molar-refractivity contribution < 1.29 is 29.0 Å². The second kappa shape index (κ2) is 9.00. The van der Waals surface area contributed by atoms with Crippen LogP contribution in [0.25, 0.3) is 11.1 Å². The summed E-state index contributed by atoms with van der Waals surface area (Å²) in [5.41, 5.74) is 2.54. The maximum absolute atomic E-state index is 13.2. The number of nitrogens with zero attached hydrogens (tertiary/aromatic N) is 1. The van der Waals surface area contributed by atoms with Crippen molar-refractivity contribution in [2.45, 2.75) is 37.2 Å². The number of rotatable bonds is 7. The number of carbonyl (C=O) groups excluding carboxylic acids is 2. The summed E-state index contributed by atoms with van der Waals surface area (Å²) in [7, 11) is 1.37. The van der Waals surface area contributed by atoms with Crippen LogP contribution in [0, 0.1) is 5.41 Å². The second-order valence-electron chi connectivity index (χ2n) is 9.79. The number of aliphatic carboxylic acids is 1. The third-order valence-corrected chi connectivity index (χ3v) is 7.74. The Morgan fingerprint density at radius 3 is 2.23 bits per heavy atom. The van der Waals surface area contributed by atoms with Gasteiger partial charge in [-0.25, -0.2) is 9.59 Å². The van der Waals surface area contributed by atoms with Crippen LogP contribution in [0.2, 0.25) is 0 Å². The molecular formula is C27H30N2O6. The van der Waals surface area contributed by atoms with Crippen molar-refractivity contribution in [1.82, 2.24) is 10.2 Å². The lowest BCUT2D eigenvalue weighted by atomic mass is 9.91. The van der Waals surface area contributed by atoms with Crippen molar-refractivity contribution in [3.8, 4) is 11.1 Å². The summed E-state index contributed by atoms with van der Waals surface area (Å²) in [5, 5.41) is 12.4. The first-order valence-corrected chi connectivity index (χ1v) is 12.1. The first kappa shape index (κ1) is 23.4. The summed E-state index contributed by atoms with van der Waals surface area (Å²) in [6.07, 6.45) is 1.68. The van der Waals surface area contributed by atoms with Crippen LogP contribution in [-0.4, -0.2) is 66.9 Å². The Hall–Kier alpha value is -3.39. The summed E-state index contributed by atoms with van der Waals surface area (Å²) < 4.78 is 10.9. The van der Waals surface area contributed by atoms with Gasteiger partial charge in [0, 0.05) is 26.1 Å². The number of amides is 2. The fourth-order valence-electron chi connectivity index (χ4n) is 5.47. The Kier molecular flexibility index (Phi) is 6.01. The number of benzene rings is 2. The summed E-state index contributed by atoms with van der Waals surface area (Å²) in [5.74, 6) is -1.21. The smallest absolute Gasteiger partial charge is 0.407 e. The lowest BCUT2D eigenvalue weighted by Crippen LogP contribution is -2.57. The Bertz CT molecular complexity index is 1110. The monoisotopic (exact) mass is 478 g/mol. The van der Waals surface area contributed by atoms with Crippen LogP contribution in [0.5, 0.6) is 0 Å². The van der Waals surface area contributed by atoms with E-state index < -0.39 is 23.1 Å². The fraction of sp³-hybridized carbons (Fsp3) is 0.444. The lowest BCUT2D eigenvalue weighted by molar-refractivity contribution is -0.172. The van der Waals surface area contributed by atoms with Crippen LogP contribution < -0.4 is 5.32 Å². The SMILES string of the molecule is COC1(C(=O)O)CCCN(C(=O)C2(CNC(=O)OCC3c4ccccc4-c4ccccc43)CC2)C1. The number of carboxylic acid groups (broad SMARTS) is 1. The van der Waals surface area contributed by atoms with E-state index in [2.05, 4.69) is 29.6 Å². The van der Waals surface area contributed by atoms with Gasteiger partial charge in [0.05, 0.1) is 12.0 Å². The van der Waals surface area contributed by atoms with Crippen molar-refractivity contribution in [2.75, 3.05) is 33.4 Å². The van der Waals surface area contributed by atoms with Crippen LogP contribution in [0.4, 0.5) is 4.79 Å².